The van der Waals surface area contributed by atoms with Gasteiger partial charge in [0.25, 0.3) is 0 Å². The normalized spacial score (nSPS) is 11.0. The zero-order valence-corrected chi connectivity index (χ0v) is 17.2. The summed E-state index contributed by atoms with van der Waals surface area (Å²) in [7, 11) is 0. The summed E-state index contributed by atoms with van der Waals surface area (Å²) in [4.78, 5) is 16.6. The number of halogens is 2. The third-order valence-electron chi connectivity index (χ3n) is 4.26. The number of nitrogens with zero attached hydrogens (tertiary/aromatic N) is 3. The molecule has 0 saturated carbocycles. The highest BCUT2D eigenvalue weighted by Crippen LogP contribution is 2.30. The van der Waals surface area contributed by atoms with E-state index in [1.54, 1.807) is 35.0 Å². The Hall–Kier alpha value is -2.87. The molecule has 9 heteroatoms. The van der Waals surface area contributed by atoms with Crippen molar-refractivity contribution >= 4 is 56.2 Å². The summed E-state index contributed by atoms with van der Waals surface area (Å²) in [5, 5.41) is 18.7. The van der Waals surface area contributed by atoms with Gasteiger partial charge in [-0.1, -0.05) is 71.4 Å². The van der Waals surface area contributed by atoms with Gasteiger partial charge in [0.05, 0.1) is 27.5 Å². The van der Waals surface area contributed by atoms with Gasteiger partial charge in [-0.15, -0.1) is 5.10 Å². The minimum absolute atomic E-state index is 0.0221. The highest BCUT2D eigenvalue weighted by molar-refractivity contribution is 7.20. The van der Waals surface area contributed by atoms with Gasteiger partial charge < -0.3 is 10.4 Å². The monoisotopic (exact) mass is 444 g/mol. The molecule has 2 heterocycles. The number of hydrogen-bond acceptors (Lipinski definition) is 5. The van der Waals surface area contributed by atoms with Crippen LogP contribution in [0.1, 0.15) is 11.1 Å². The summed E-state index contributed by atoms with van der Waals surface area (Å²) in [6.45, 7) is 4.20. The van der Waals surface area contributed by atoms with E-state index in [0.717, 1.165) is 5.56 Å². The first-order valence-corrected chi connectivity index (χ1v) is 10.1. The number of imidazole rings is 1. The Morgan fingerprint density at radius 1 is 1.21 bits per heavy atom. The van der Waals surface area contributed by atoms with Crippen LogP contribution < -0.4 is 5.32 Å². The summed E-state index contributed by atoms with van der Waals surface area (Å²) in [5.74, 6) is -1.06. The number of rotatable bonds is 6. The Morgan fingerprint density at radius 3 is 2.72 bits per heavy atom. The average molecular weight is 445 g/mol. The third kappa shape index (κ3) is 3.98. The van der Waals surface area contributed by atoms with Crippen LogP contribution in [0.5, 0.6) is 0 Å². The minimum atomic E-state index is -1.06. The fourth-order valence-electron chi connectivity index (χ4n) is 2.81. The van der Waals surface area contributed by atoms with E-state index < -0.39 is 5.97 Å². The molecule has 6 nitrogen and oxygen atoms in total. The Kier molecular flexibility index (Phi) is 5.27. The number of hydrogen-bond donors (Lipinski definition) is 2. The predicted molar refractivity (Wildman–Crippen MR) is 117 cm³/mol. The van der Waals surface area contributed by atoms with Crippen LogP contribution in [0.3, 0.4) is 0 Å². The van der Waals surface area contributed by atoms with Crippen molar-refractivity contribution in [3.05, 3.63) is 76.4 Å². The smallest absolute Gasteiger partial charge is 0.335 e. The number of carbonyl (C=O) groups is 1. The molecule has 4 rings (SSSR count). The van der Waals surface area contributed by atoms with Crippen LogP contribution in [0, 0.1) is 0 Å². The Labute approximate surface area is 180 Å². The second kappa shape index (κ2) is 7.87. The molecule has 146 valence electrons. The first-order chi connectivity index (χ1) is 13.9. The maximum absolute atomic E-state index is 11.3. The van der Waals surface area contributed by atoms with E-state index in [4.69, 9.17) is 23.2 Å². The molecule has 0 spiro atoms. The molecule has 0 atom stereocenters. The lowest BCUT2D eigenvalue weighted by atomic mass is 9.99. The van der Waals surface area contributed by atoms with Gasteiger partial charge in [-0.3, -0.25) is 0 Å². The zero-order valence-electron chi connectivity index (χ0n) is 14.9. The second-order valence-corrected chi connectivity index (χ2v) is 7.96. The van der Waals surface area contributed by atoms with Gasteiger partial charge in [-0.05, 0) is 23.3 Å². The topological polar surface area (TPSA) is 79.5 Å². The largest absolute Gasteiger partial charge is 0.478 e. The molecule has 0 saturated heterocycles. The maximum Gasteiger partial charge on any atom is 0.335 e. The van der Waals surface area contributed by atoms with Gasteiger partial charge in [0.2, 0.25) is 10.1 Å². The van der Waals surface area contributed by atoms with Gasteiger partial charge in [-0.25, -0.2) is 14.3 Å². The molecule has 2 N–H and O–H groups in total. The van der Waals surface area contributed by atoms with Gasteiger partial charge >= 0.3 is 5.97 Å². The molecule has 0 aliphatic rings. The molecular weight excluding hydrogens is 431 g/mol. The SMILES string of the molecule is C=C(C(=O)O)c1ccccc1-c1cn2nc(NCc3ccc(Cl)c(Cl)c3)sc2n1. The van der Waals surface area contributed by atoms with Crippen molar-refractivity contribution < 1.29 is 9.90 Å². The Morgan fingerprint density at radius 2 is 2.00 bits per heavy atom. The number of anilines is 1. The third-order valence-corrected chi connectivity index (χ3v) is 5.88. The summed E-state index contributed by atoms with van der Waals surface area (Å²) in [5.41, 5.74) is 2.87. The van der Waals surface area contributed by atoms with Crippen LogP contribution >= 0.6 is 34.5 Å². The van der Waals surface area contributed by atoms with Crippen molar-refractivity contribution in [3.63, 3.8) is 0 Å². The maximum atomic E-state index is 11.3. The summed E-state index contributed by atoms with van der Waals surface area (Å²) in [6, 6.07) is 12.6. The number of aromatic nitrogens is 3. The number of benzene rings is 2. The average Bonchev–Trinajstić information content (AvgIpc) is 3.27. The Balaban J connectivity index is 1.57. The summed E-state index contributed by atoms with van der Waals surface area (Å²) in [6.07, 6.45) is 1.77. The first kappa shape index (κ1) is 19.4. The molecule has 0 aliphatic heterocycles. The fourth-order valence-corrected chi connectivity index (χ4v) is 3.91. The van der Waals surface area contributed by atoms with Crippen LogP contribution in [-0.4, -0.2) is 25.7 Å². The van der Waals surface area contributed by atoms with Crippen molar-refractivity contribution in [1.82, 2.24) is 14.6 Å². The van der Waals surface area contributed by atoms with Gasteiger partial charge in [0.15, 0.2) is 0 Å². The molecule has 4 aromatic rings. The van der Waals surface area contributed by atoms with Gasteiger partial charge in [0.1, 0.15) is 0 Å². The highest BCUT2D eigenvalue weighted by Gasteiger charge is 2.16. The number of fused-ring (bicyclic) bond motifs is 1. The van der Waals surface area contributed by atoms with E-state index in [2.05, 4.69) is 22.0 Å². The van der Waals surface area contributed by atoms with E-state index >= 15 is 0 Å². The molecular formula is C20H14Cl2N4O2S. The highest BCUT2D eigenvalue weighted by atomic mass is 35.5. The molecule has 29 heavy (non-hydrogen) atoms. The lowest BCUT2D eigenvalue weighted by Gasteiger charge is -2.06. The van der Waals surface area contributed by atoms with Gasteiger partial charge in [0, 0.05) is 12.1 Å². The number of nitrogens with one attached hydrogen (secondary N) is 1. The molecule has 0 unspecified atom stereocenters. The lowest BCUT2D eigenvalue weighted by Crippen LogP contribution is -2.00. The van der Waals surface area contributed by atoms with Crippen molar-refractivity contribution in [1.29, 1.82) is 0 Å². The number of carboxylic acid groups (broad SMARTS) is 1. The van der Waals surface area contributed by atoms with Crippen molar-refractivity contribution in [2.45, 2.75) is 6.54 Å². The minimum Gasteiger partial charge on any atom is -0.478 e. The molecule has 0 aliphatic carbocycles. The first-order valence-electron chi connectivity index (χ1n) is 8.48. The molecule has 0 bridgehead atoms. The van der Waals surface area contributed by atoms with Crippen molar-refractivity contribution in [2.75, 3.05) is 5.32 Å². The van der Waals surface area contributed by atoms with E-state index in [1.807, 2.05) is 18.2 Å². The summed E-state index contributed by atoms with van der Waals surface area (Å²) < 4.78 is 1.66. The van der Waals surface area contributed by atoms with Gasteiger partial charge in [-0.2, -0.15) is 0 Å². The Bertz CT molecular complexity index is 1220. The van der Waals surface area contributed by atoms with Crippen LogP contribution in [0.2, 0.25) is 10.0 Å². The van der Waals surface area contributed by atoms with E-state index in [0.29, 0.717) is 43.5 Å². The molecule has 2 aromatic carbocycles. The standard InChI is InChI=1S/C20H14Cl2N4O2S/c1-11(18(27)28)13-4-2-3-5-14(13)17-10-26-20(24-17)29-19(25-26)23-9-12-6-7-15(21)16(22)8-12/h2-8,10H,1,9H2,(H,23,25)(H,27,28). The van der Waals surface area contributed by atoms with E-state index in [9.17, 15) is 9.90 Å². The van der Waals surface area contributed by atoms with Crippen LogP contribution in [-0.2, 0) is 11.3 Å². The van der Waals surface area contributed by atoms with E-state index in [1.165, 1.54) is 11.3 Å². The second-order valence-electron chi connectivity index (χ2n) is 6.19. The van der Waals surface area contributed by atoms with Crippen LogP contribution in [0.4, 0.5) is 5.13 Å². The van der Waals surface area contributed by atoms with Crippen LogP contribution in [0.25, 0.3) is 21.8 Å². The zero-order chi connectivity index (χ0) is 20.5. The van der Waals surface area contributed by atoms with Crippen molar-refractivity contribution in [3.8, 4) is 11.3 Å². The quantitative estimate of drug-likeness (QED) is 0.385. The lowest BCUT2D eigenvalue weighted by molar-refractivity contribution is -0.130. The molecule has 0 amide bonds. The molecule has 0 fully saturated rings. The molecule has 0 radical (unpaired) electrons. The number of aliphatic carboxylic acids is 1. The summed E-state index contributed by atoms with van der Waals surface area (Å²) >= 11 is 13.4. The number of carboxylic acids is 1. The molecule has 2 aromatic heterocycles. The van der Waals surface area contributed by atoms with Crippen LogP contribution in [0.15, 0.2) is 55.2 Å². The fraction of sp³-hybridized carbons (Fsp3) is 0.0500. The van der Waals surface area contributed by atoms with E-state index in [-0.39, 0.29) is 5.57 Å². The van der Waals surface area contributed by atoms with Crippen molar-refractivity contribution in [2.24, 2.45) is 0 Å². The predicted octanol–water partition coefficient (Wildman–Crippen LogP) is 5.47.